The topological polar surface area (TPSA) is 148 Å². The van der Waals surface area contributed by atoms with Crippen molar-refractivity contribution in [1.82, 2.24) is 20.3 Å². The van der Waals surface area contributed by atoms with Crippen molar-refractivity contribution in [3.63, 3.8) is 0 Å². The second-order valence-corrected chi connectivity index (χ2v) is 7.63. The first kappa shape index (κ1) is 26.8. The van der Waals surface area contributed by atoms with Crippen LogP contribution < -0.4 is 27.0 Å². The van der Waals surface area contributed by atoms with Crippen molar-refractivity contribution >= 4 is 23.8 Å². The van der Waals surface area contributed by atoms with E-state index in [4.69, 9.17) is 15.2 Å². The van der Waals surface area contributed by atoms with Crippen molar-refractivity contribution in [3.05, 3.63) is 71.8 Å². The Kier molecular flexibility index (Phi) is 11.9. The molecule has 0 aliphatic rings. The summed E-state index contributed by atoms with van der Waals surface area (Å²) in [4.78, 5) is 25.1. The lowest BCUT2D eigenvalue weighted by molar-refractivity contribution is 0.0519. The summed E-state index contributed by atoms with van der Waals surface area (Å²) in [6.07, 6.45) is 0. The number of ether oxygens (including phenoxy) is 2. The zero-order valence-corrected chi connectivity index (χ0v) is 20.3. The van der Waals surface area contributed by atoms with Gasteiger partial charge in [-0.3, -0.25) is 4.79 Å². The van der Waals surface area contributed by atoms with E-state index in [1.165, 1.54) is 0 Å². The van der Waals surface area contributed by atoms with Crippen LogP contribution in [0.4, 0.5) is 17.8 Å². The molecule has 1 heterocycles. The summed E-state index contributed by atoms with van der Waals surface area (Å²) < 4.78 is 11.1. The number of hydrogen-bond donors (Lipinski definition) is 5. The van der Waals surface area contributed by atoms with Gasteiger partial charge in [-0.25, -0.2) is 0 Å². The first-order valence-corrected chi connectivity index (χ1v) is 11.9. The summed E-state index contributed by atoms with van der Waals surface area (Å²) >= 11 is 0. The Morgan fingerprint density at radius 3 is 1.89 bits per heavy atom. The predicted octanol–water partition coefficient (Wildman–Crippen LogP) is 1.73. The summed E-state index contributed by atoms with van der Waals surface area (Å²) in [7, 11) is 0. The van der Waals surface area contributed by atoms with E-state index in [-0.39, 0.29) is 5.91 Å². The Morgan fingerprint density at radius 2 is 1.25 bits per heavy atom. The van der Waals surface area contributed by atoms with Gasteiger partial charge in [0.05, 0.1) is 26.4 Å². The molecule has 1 aromatic heterocycles. The largest absolute Gasteiger partial charge is 0.377 e. The second-order valence-electron chi connectivity index (χ2n) is 7.63. The van der Waals surface area contributed by atoms with E-state index >= 15 is 0 Å². The molecule has 3 aromatic rings. The zero-order valence-electron chi connectivity index (χ0n) is 20.3. The number of carbonyl (C=O) groups is 1. The summed E-state index contributed by atoms with van der Waals surface area (Å²) in [5, 5.41) is 12.3. The van der Waals surface area contributed by atoms with Gasteiger partial charge in [-0.05, 0) is 17.7 Å². The normalized spacial score (nSPS) is 10.6. The van der Waals surface area contributed by atoms with Crippen LogP contribution in [0.25, 0.3) is 0 Å². The fourth-order valence-electron chi connectivity index (χ4n) is 3.06. The van der Waals surface area contributed by atoms with Crippen molar-refractivity contribution in [2.24, 2.45) is 5.73 Å². The lowest BCUT2D eigenvalue weighted by atomic mass is 10.2. The molecule has 0 saturated carbocycles. The third kappa shape index (κ3) is 10.2. The number of hydrogen-bond acceptors (Lipinski definition) is 10. The summed E-state index contributed by atoms with van der Waals surface area (Å²) in [5.74, 6) is 1.24. The molecule has 6 N–H and O–H groups in total. The van der Waals surface area contributed by atoms with Crippen LogP contribution in [0.2, 0.25) is 0 Å². The second kappa shape index (κ2) is 16.0. The smallest absolute Gasteiger partial charge is 0.251 e. The molecule has 0 spiro atoms. The summed E-state index contributed by atoms with van der Waals surface area (Å²) in [5.41, 5.74) is 7.33. The molecular weight excluding hydrogens is 460 g/mol. The van der Waals surface area contributed by atoms with Gasteiger partial charge in [-0.2, -0.15) is 15.0 Å². The highest BCUT2D eigenvalue weighted by Crippen LogP contribution is 2.10. The molecule has 3 rings (SSSR count). The fraction of sp³-hybridized carbons (Fsp3) is 0.360. The van der Waals surface area contributed by atoms with E-state index in [0.717, 1.165) is 5.56 Å². The molecule has 0 aliphatic carbocycles. The van der Waals surface area contributed by atoms with E-state index in [9.17, 15) is 4.79 Å². The number of nitrogens with one attached hydrogen (secondary N) is 4. The van der Waals surface area contributed by atoms with Crippen molar-refractivity contribution in [1.29, 1.82) is 0 Å². The number of aromatic nitrogens is 3. The molecule has 192 valence electrons. The molecule has 0 radical (unpaired) electrons. The van der Waals surface area contributed by atoms with E-state index in [1.807, 2.05) is 48.5 Å². The van der Waals surface area contributed by atoms with Crippen molar-refractivity contribution in [2.75, 3.05) is 68.6 Å². The SMILES string of the molecule is NCCNc1nc(NCCOCCOCCNC(=O)c2ccccc2)nc(NCc2ccccc2)n1. The van der Waals surface area contributed by atoms with Crippen molar-refractivity contribution < 1.29 is 14.3 Å². The quantitative estimate of drug-likeness (QED) is 0.176. The number of nitrogens with two attached hydrogens (primary N) is 1. The van der Waals surface area contributed by atoms with E-state index in [0.29, 0.717) is 82.6 Å². The molecule has 0 atom stereocenters. The zero-order chi connectivity index (χ0) is 25.3. The van der Waals surface area contributed by atoms with Crippen LogP contribution in [-0.2, 0) is 16.0 Å². The fourth-order valence-corrected chi connectivity index (χ4v) is 3.06. The minimum absolute atomic E-state index is 0.111. The first-order chi connectivity index (χ1) is 17.7. The Hall–Kier alpha value is -3.80. The highest BCUT2D eigenvalue weighted by atomic mass is 16.5. The van der Waals surface area contributed by atoms with Gasteiger partial charge in [0, 0.05) is 38.3 Å². The van der Waals surface area contributed by atoms with E-state index < -0.39 is 0 Å². The van der Waals surface area contributed by atoms with Gasteiger partial charge in [-0.1, -0.05) is 48.5 Å². The van der Waals surface area contributed by atoms with Crippen LogP contribution in [-0.4, -0.2) is 73.5 Å². The van der Waals surface area contributed by atoms with Crippen LogP contribution in [0.1, 0.15) is 15.9 Å². The van der Waals surface area contributed by atoms with E-state index in [1.54, 1.807) is 12.1 Å². The van der Waals surface area contributed by atoms with Gasteiger partial charge in [-0.15, -0.1) is 0 Å². The van der Waals surface area contributed by atoms with Gasteiger partial charge in [0.1, 0.15) is 0 Å². The number of rotatable bonds is 17. The monoisotopic (exact) mass is 494 g/mol. The molecule has 0 aliphatic heterocycles. The molecule has 11 heteroatoms. The van der Waals surface area contributed by atoms with E-state index in [2.05, 4.69) is 36.2 Å². The van der Waals surface area contributed by atoms with Crippen LogP contribution in [0, 0.1) is 0 Å². The molecule has 0 bridgehead atoms. The Balaban J connectivity index is 1.30. The third-order valence-electron chi connectivity index (χ3n) is 4.83. The molecule has 11 nitrogen and oxygen atoms in total. The highest BCUT2D eigenvalue weighted by Gasteiger charge is 2.07. The van der Waals surface area contributed by atoms with Gasteiger partial charge in [0.2, 0.25) is 17.8 Å². The molecule has 0 fully saturated rings. The average Bonchev–Trinajstić information content (AvgIpc) is 2.92. The Labute approximate surface area is 211 Å². The molecule has 36 heavy (non-hydrogen) atoms. The standard InChI is InChI=1S/C25H34N8O3/c26-11-12-28-23-31-24(33-25(32-23)30-19-20-7-3-1-4-8-20)29-14-16-36-18-17-35-15-13-27-22(34)21-9-5-2-6-10-21/h1-10H,11-19,26H2,(H,27,34)(H3,28,29,30,31,32,33). The molecule has 2 aromatic carbocycles. The molecule has 0 saturated heterocycles. The van der Waals surface area contributed by atoms with Gasteiger partial charge in [0.25, 0.3) is 5.91 Å². The van der Waals surface area contributed by atoms with Gasteiger partial charge >= 0.3 is 0 Å². The Bertz CT molecular complexity index is 1020. The van der Waals surface area contributed by atoms with Gasteiger partial charge in [0.15, 0.2) is 0 Å². The van der Waals surface area contributed by atoms with Crippen LogP contribution in [0.15, 0.2) is 60.7 Å². The number of benzene rings is 2. The van der Waals surface area contributed by atoms with Crippen LogP contribution >= 0.6 is 0 Å². The average molecular weight is 495 g/mol. The lowest BCUT2D eigenvalue weighted by Gasteiger charge is -2.11. The number of nitrogens with zero attached hydrogens (tertiary/aromatic N) is 3. The van der Waals surface area contributed by atoms with Crippen LogP contribution in [0.5, 0.6) is 0 Å². The highest BCUT2D eigenvalue weighted by molar-refractivity contribution is 5.94. The summed E-state index contributed by atoms with van der Waals surface area (Å²) in [6, 6.07) is 19.1. The first-order valence-electron chi connectivity index (χ1n) is 11.9. The van der Waals surface area contributed by atoms with Crippen molar-refractivity contribution in [2.45, 2.75) is 6.54 Å². The molecule has 1 amide bonds. The maximum absolute atomic E-state index is 11.9. The van der Waals surface area contributed by atoms with Crippen molar-refractivity contribution in [3.8, 4) is 0 Å². The maximum Gasteiger partial charge on any atom is 0.251 e. The maximum atomic E-state index is 11.9. The number of anilines is 3. The summed E-state index contributed by atoms with van der Waals surface area (Å²) in [6.45, 7) is 4.34. The third-order valence-corrected chi connectivity index (χ3v) is 4.83. The Morgan fingerprint density at radius 1 is 0.694 bits per heavy atom. The molecule has 0 unspecified atom stereocenters. The van der Waals surface area contributed by atoms with Crippen LogP contribution in [0.3, 0.4) is 0 Å². The number of amides is 1. The molecular formula is C25H34N8O3. The lowest BCUT2D eigenvalue weighted by Crippen LogP contribution is -2.27. The van der Waals surface area contributed by atoms with Gasteiger partial charge < -0.3 is 36.5 Å². The minimum atomic E-state index is -0.111. The minimum Gasteiger partial charge on any atom is -0.377 e. The predicted molar refractivity (Wildman–Crippen MR) is 140 cm³/mol. The number of carbonyl (C=O) groups excluding carboxylic acids is 1.